The highest BCUT2D eigenvalue weighted by molar-refractivity contribution is 6.00. The summed E-state index contributed by atoms with van der Waals surface area (Å²) in [6, 6.07) is -0.397. The zero-order chi connectivity index (χ0) is 88.7. The van der Waals surface area contributed by atoms with Crippen molar-refractivity contribution in [2.45, 2.75) is 262 Å². The maximum Gasteiger partial charge on any atom is 0.245 e. The van der Waals surface area contributed by atoms with Crippen LogP contribution in [-0.2, 0) is 91.2 Å². The molecule has 38 heteroatoms. The predicted octanol–water partition coefficient (Wildman–Crippen LogP) is -3.25. The number of aromatic amines is 1. The first kappa shape index (κ1) is 103. The Kier molecular flexibility index (Phi) is 48.3. The number of rotatable bonds is 60. The van der Waals surface area contributed by atoms with E-state index in [-0.39, 0.29) is 89.1 Å². The van der Waals surface area contributed by atoms with Crippen LogP contribution in [0.1, 0.15) is 181 Å². The van der Waals surface area contributed by atoms with Gasteiger partial charge in [-0.25, -0.2) is 4.98 Å². The zero-order valence-electron chi connectivity index (χ0n) is 70.2. The molecule has 0 spiro atoms. The molecular formula is C81H134N22O16. The molecular weight excluding hydrogens is 1540 g/mol. The molecule has 0 unspecified atom stereocenters. The van der Waals surface area contributed by atoms with E-state index in [0.717, 1.165) is 0 Å². The monoisotopic (exact) mass is 1670 g/mol. The van der Waals surface area contributed by atoms with Crippen LogP contribution in [-0.4, -0.2) is 222 Å². The van der Waals surface area contributed by atoms with Gasteiger partial charge in [-0.3, -0.25) is 71.9 Å². The third-order valence-corrected chi connectivity index (χ3v) is 19.8. The fourth-order valence-corrected chi connectivity index (χ4v) is 12.8. The maximum absolute atomic E-state index is 14.9. The van der Waals surface area contributed by atoms with Gasteiger partial charge in [0.05, 0.1) is 25.5 Å². The number of nitrogens with zero attached hydrogens (tertiary/aromatic N) is 1. The quantitative estimate of drug-likeness (QED) is 0.0247. The van der Waals surface area contributed by atoms with Gasteiger partial charge in [-0.05, 0) is 151 Å². The molecule has 0 fully saturated rings. The van der Waals surface area contributed by atoms with Crippen molar-refractivity contribution in [1.82, 2.24) is 79.1 Å². The molecule has 0 aliphatic heterocycles. The molecule has 0 saturated carbocycles. The Balaban J connectivity index is 1.94. The minimum atomic E-state index is -1.60. The van der Waals surface area contributed by atoms with Gasteiger partial charge in [-0.15, -0.1) is 0 Å². The number of primary amides is 2. The van der Waals surface area contributed by atoms with Crippen LogP contribution in [0.5, 0.6) is 0 Å². The number of aromatic nitrogens is 2. The summed E-state index contributed by atoms with van der Waals surface area (Å²) in [7, 11) is 0. The van der Waals surface area contributed by atoms with Gasteiger partial charge in [-0.1, -0.05) is 129 Å². The Morgan fingerprint density at radius 1 is 0.403 bits per heavy atom. The van der Waals surface area contributed by atoms with E-state index in [1.54, 1.807) is 116 Å². The number of hydrogen-bond acceptors (Lipinski definition) is 22. The summed E-state index contributed by atoms with van der Waals surface area (Å²) in [6.07, 6.45) is 6.11. The van der Waals surface area contributed by atoms with Crippen molar-refractivity contribution in [1.29, 1.82) is 0 Å². The van der Waals surface area contributed by atoms with E-state index >= 15 is 0 Å². The molecule has 1 heterocycles. The van der Waals surface area contributed by atoms with Crippen LogP contribution in [0, 0.1) is 23.7 Å². The first-order valence-corrected chi connectivity index (χ1v) is 41.3. The van der Waals surface area contributed by atoms with Crippen molar-refractivity contribution < 1.29 is 77.0 Å². The Labute approximate surface area is 697 Å². The van der Waals surface area contributed by atoms with Crippen LogP contribution in [0.3, 0.4) is 0 Å². The molecule has 664 valence electrons. The van der Waals surface area contributed by atoms with E-state index < -0.39 is 205 Å². The second-order valence-corrected chi connectivity index (χ2v) is 31.2. The summed E-state index contributed by atoms with van der Waals surface area (Å²) in [5, 5.41) is 44.7. The number of unbranched alkanes of at least 4 members (excludes halogenated alkanes) is 4. The third kappa shape index (κ3) is 39.3. The fraction of sp³-hybridized carbons (Fsp3) is 0.630. The molecule has 29 N–H and O–H groups in total. The predicted molar refractivity (Wildman–Crippen MR) is 446 cm³/mol. The van der Waals surface area contributed by atoms with Crippen LogP contribution in [0.25, 0.3) is 0 Å². The van der Waals surface area contributed by atoms with Gasteiger partial charge >= 0.3 is 0 Å². The first-order valence-electron chi connectivity index (χ1n) is 41.3. The molecule has 38 nitrogen and oxygen atoms in total. The molecule has 15 amide bonds. The van der Waals surface area contributed by atoms with Crippen LogP contribution in [0.4, 0.5) is 0 Å². The highest BCUT2D eigenvalue weighted by Crippen LogP contribution is 2.17. The number of aliphatic hydroxyl groups is 1. The normalized spacial score (nSPS) is 14.8. The van der Waals surface area contributed by atoms with Gasteiger partial charge < -0.3 is 119 Å². The van der Waals surface area contributed by atoms with Gasteiger partial charge in [0, 0.05) is 37.6 Å². The summed E-state index contributed by atoms with van der Waals surface area (Å²) in [5.74, 6) is -14.4. The second kappa shape index (κ2) is 56.0. The largest absolute Gasteiger partial charge is 0.394 e. The number of hydrogen-bond donors (Lipinski definition) is 22. The van der Waals surface area contributed by atoms with Crippen molar-refractivity contribution >= 4 is 88.6 Å². The van der Waals surface area contributed by atoms with E-state index in [1.807, 2.05) is 0 Å². The molecule has 0 aliphatic rings. The lowest BCUT2D eigenvalue weighted by Gasteiger charge is -2.30. The summed E-state index contributed by atoms with van der Waals surface area (Å²) in [6.45, 7) is 13.4. The number of carbonyl (C=O) groups is 15. The van der Waals surface area contributed by atoms with E-state index in [1.165, 1.54) is 12.5 Å². The zero-order valence-corrected chi connectivity index (χ0v) is 70.2. The second-order valence-electron chi connectivity index (χ2n) is 31.2. The van der Waals surface area contributed by atoms with Crippen molar-refractivity contribution in [3.8, 4) is 0 Å². The van der Waals surface area contributed by atoms with Gasteiger partial charge in [0.25, 0.3) is 0 Å². The molecule has 0 saturated heterocycles. The Morgan fingerprint density at radius 3 is 1.20 bits per heavy atom. The lowest BCUT2D eigenvalue weighted by Crippen LogP contribution is -2.61. The van der Waals surface area contributed by atoms with E-state index in [2.05, 4.69) is 79.1 Å². The number of amides is 15. The highest BCUT2D eigenvalue weighted by Gasteiger charge is 2.39. The van der Waals surface area contributed by atoms with Crippen molar-refractivity contribution in [2.24, 2.45) is 63.8 Å². The molecule has 14 atom stereocenters. The number of imidazole rings is 1. The molecule has 1 aromatic heterocycles. The van der Waals surface area contributed by atoms with Crippen LogP contribution >= 0.6 is 0 Å². The highest BCUT2D eigenvalue weighted by atomic mass is 16.3. The van der Waals surface area contributed by atoms with Gasteiger partial charge in [0.2, 0.25) is 88.6 Å². The van der Waals surface area contributed by atoms with Gasteiger partial charge in [0.1, 0.15) is 72.5 Å². The average Bonchev–Trinajstić information content (AvgIpc) is 1.59. The summed E-state index contributed by atoms with van der Waals surface area (Å²) >= 11 is 0. The molecule has 0 radical (unpaired) electrons. The molecule has 0 aliphatic carbocycles. The number of benzene rings is 2. The molecule has 119 heavy (non-hydrogen) atoms. The van der Waals surface area contributed by atoms with E-state index in [9.17, 15) is 77.0 Å². The Hall–Kier alpha value is -10.5. The fourth-order valence-electron chi connectivity index (χ4n) is 12.8. The minimum absolute atomic E-state index is 0.0100. The smallest absolute Gasteiger partial charge is 0.245 e. The summed E-state index contributed by atoms with van der Waals surface area (Å²) in [5.41, 5.74) is 41.6. The SMILES string of the molecule is CC[C@H](C)[C@H](NC(=O)[C@H](CC(C)C)NC(=O)[C@H](Cc1ccccc1)NC(=O)CNC(=O)[C@@H](NC(=O)[C@H](CCCCN)NC(=O)[C@H](CO)NC(=O)[C@@H](N)CCCCN)C(C)C)C(=O)N[C@@H](CCC(N)=O)C(=O)N[C@@H](CC(C)C)C(=O)N[C@@H](Cc1ccccc1)C(=O)N[C@@H](Cc1cnc[nH]1)C(=O)N[C@@H](CCCCN)C(=O)N[C@@H](CCCCN)C(N)=O. The maximum atomic E-state index is 14.9. The molecule has 0 bridgehead atoms. The molecule has 2 aromatic carbocycles. The van der Waals surface area contributed by atoms with Crippen molar-refractivity contribution in [3.63, 3.8) is 0 Å². The van der Waals surface area contributed by atoms with E-state index in [4.69, 9.17) is 40.1 Å². The number of nitrogens with one attached hydrogen (secondary N) is 14. The third-order valence-electron chi connectivity index (χ3n) is 19.8. The first-order chi connectivity index (χ1) is 56.6. The number of carbonyl (C=O) groups excluding carboxylic acids is 15. The standard InChI is InChI=1S/C81H134N22O16/c1-9-50(8)68(103-78(116)60(39-48(4)5)98-75(113)61(40-51-24-12-10-13-25-51)92-66(106)44-90-80(118)67(49(6)7)102-73(111)57(31-19-23-37-85)95-79(117)64(45-104)101-70(108)54(86)28-16-20-34-82)81(119)96-58(32-33-65(87)105)72(110)97-59(38-47(2)3)74(112)99-62(41-52-26-14-11-15-27-52)76(114)100-63(42-53-43-89-46-91-53)77(115)94-56(30-18-22-36-84)71(109)93-55(69(88)107)29-17-21-35-83/h10-15,24-27,43,46-50,54-64,67-68,104H,9,16-23,28-42,44-45,82-86H2,1-8H3,(H2,87,105)(H2,88,107)(H,89,91)(H,90,118)(H,92,106)(H,93,109)(H,94,115)(H,95,117)(H,96,119)(H,97,110)(H,98,113)(H,99,112)(H,100,114)(H,101,108)(H,102,111)(H,103,116)/t50-,54-,55-,56-,57-,58-,59-,60-,61-,62-,63-,64-,67-,68-/m0/s1. The number of nitrogens with two attached hydrogens (primary N) is 7. The summed E-state index contributed by atoms with van der Waals surface area (Å²) in [4.78, 5) is 218. The summed E-state index contributed by atoms with van der Waals surface area (Å²) < 4.78 is 0. The molecule has 3 aromatic rings. The molecule has 3 rings (SSSR count). The average molecular weight is 1670 g/mol. The lowest BCUT2D eigenvalue weighted by molar-refractivity contribution is -0.137. The van der Waals surface area contributed by atoms with Crippen LogP contribution in [0.2, 0.25) is 0 Å². The number of aliphatic hydroxyl groups excluding tert-OH is 1. The topological polar surface area (TPSA) is 643 Å². The van der Waals surface area contributed by atoms with Crippen LogP contribution in [0.15, 0.2) is 73.2 Å². The lowest BCUT2D eigenvalue weighted by atomic mass is 9.95. The van der Waals surface area contributed by atoms with Crippen molar-refractivity contribution in [3.05, 3.63) is 90.0 Å². The van der Waals surface area contributed by atoms with Gasteiger partial charge in [0.15, 0.2) is 0 Å². The van der Waals surface area contributed by atoms with Crippen LogP contribution < -0.4 is 109 Å². The number of H-pyrrole nitrogens is 1. The van der Waals surface area contributed by atoms with Gasteiger partial charge in [-0.2, -0.15) is 0 Å². The van der Waals surface area contributed by atoms with Crippen molar-refractivity contribution in [2.75, 3.05) is 39.3 Å². The Morgan fingerprint density at radius 2 is 0.773 bits per heavy atom. The van der Waals surface area contributed by atoms with E-state index in [0.29, 0.717) is 81.3 Å². The Bertz CT molecular complexity index is 3670. The minimum Gasteiger partial charge on any atom is -0.394 e.